The van der Waals surface area contributed by atoms with Gasteiger partial charge in [-0.15, -0.1) is 0 Å². The van der Waals surface area contributed by atoms with E-state index < -0.39 is 95.7 Å². The fourth-order valence-corrected chi connectivity index (χ4v) is 12.8. The number of carbonyl (C=O) groups is 1. The van der Waals surface area contributed by atoms with Crippen LogP contribution in [0.3, 0.4) is 0 Å². The minimum absolute atomic E-state index is 0.0315. The summed E-state index contributed by atoms with van der Waals surface area (Å²) in [5, 5.41) is 54.1. The van der Waals surface area contributed by atoms with Crippen LogP contribution in [0.25, 0.3) is 0 Å². The van der Waals surface area contributed by atoms with Crippen LogP contribution in [0, 0.1) is 46.3 Å². The first-order chi connectivity index (χ1) is 25.8. The van der Waals surface area contributed by atoms with Crippen molar-refractivity contribution in [3.05, 3.63) is 11.6 Å². The van der Waals surface area contributed by atoms with Crippen molar-refractivity contribution in [3.63, 3.8) is 0 Å². The highest BCUT2D eigenvalue weighted by Crippen LogP contribution is 2.70. The molecule has 4 saturated heterocycles. The molecule has 0 bridgehead atoms. The molecule has 0 amide bonds. The zero-order valence-electron chi connectivity index (χ0n) is 32.0. The number of allylic oxidation sites excluding steroid dienone is 1. The van der Waals surface area contributed by atoms with E-state index in [2.05, 4.69) is 31.9 Å². The molecule has 17 heteroatoms. The fourth-order valence-electron chi connectivity index (χ4n) is 12.3. The maximum atomic E-state index is 14.3. The van der Waals surface area contributed by atoms with Crippen LogP contribution in [0.4, 0.5) is 0 Å². The van der Waals surface area contributed by atoms with Crippen LogP contribution >= 0.6 is 0 Å². The van der Waals surface area contributed by atoms with E-state index in [9.17, 15) is 43.3 Å². The van der Waals surface area contributed by atoms with Gasteiger partial charge in [0.2, 0.25) is 0 Å². The van der Waals surface area contributed by atoms with E-state index in [0.29, 0.717) is 18.9 Å². The molecule has 8 rings (SSSR count). The summed E-state index contributed by atoms with van der Waals surface area (Å²) in [5.41, 5.74) is -0.184. The molecule has 0 aromatic rings. The molecule has 8 aliphatic rings. The zero-order chi connectivity index (χ0) is 39.6. The Balaban J connectivity index is 1.07. The molecular weight excluding hydrogens is 744 g/mol. The van der Waals surface area contributed by atoms with Gasteiger partial charge in [0.05, 0.1) is 37.6 Å². The average Bonchev–Trinajstić information content (AvgIpc) is 3.56. The van der Waals surface area contributed by atoms with Gasteiger partial charge in [0.25, 0.3) is 0 Å². The summed E-state index contributed by atoms with van der Waals surface area (Å²) in [7, 11) is -5.06. The van der Waals surface area contributed by atoms with Gasteiger partial charge in [0.15, 0.2) is 24.2 Å². The molecule has 4 aliphatic carbocycles. The SMILES string of the molecule is C[C@H]1CC[C@@]2(OC1)O[C@H]1C[C@H]3[C@@H]4C(=O)C=C5C[C@@H](O)C[C@@H](O[C@@H]6OC[C@H](OS(=O)(=O)O)[C@H](O)[C@H]6O[C@@H]6O[C@@H](C)[C@H](O)[C@@H](O)[C@H]6O)[C@]5(C)[C@H]4CC[C@]3(C)[C@H]1[C@@H]2C. The van der Waals surface area contributed by atoms with Gasteiger partial charge in [-0.25, -0.2) is 4.18 Å². The minimum Gasteiger partial charge on any atom is -0.393 e. The summed E-state index contributed by atoms with van der Waals surface area (Å²) in [4.78, 5) is 14.3. The molecule has 6 N–H and O–H groups in total. The fraction of sp³-hybridized carbons (Fsp3) is 0.921. The second kappa shape index (κ2) is 14.2. The van der Waals surface area contributed by atoms with Crippen molar-refractivity contribution < 1.29 is 75.9 Å². The Morgan fingerprint density at radius 1 is 0.873 bits per heavy atom. The van der Waals surface area contributed by atoms with Gasteiger partial charge in [0.1, 0.15) is 36.6 Å². The van der Waals surface area contributed by atoms with Crippen molar-refractivity contribution >= 4 is 16.2 Å². The standard InChI is InChI=1S/C38H58O16S/c1-16-6-9-38(49-14-16)17(2)28-24(53-38)13-22-27-21(7-8-36(22,28)4)37(5)19(11-23(27)40)10-20(39)12-26(37)51-35-33(30(42)25(15-48-35)54-55(45,46)47)52-34-32(44)31(43)29(41)18(3)50-34/h11,16-18,20-22,24-35,39,41-44H,6-10,12-15H2,1-5H3,(H,45,46,47)/t16-,17-,18-,20+,21-,22-,24-,25-,26+,27+,28-,29-,30-,31+,32+,33+,34-,35-,36-,37-,38+/m0/s1. The van der Waals surface area contributed by atoms with Gasteiger partial charge in [-0.2, -0.15) is 8.42 Å². The summed E-state index contributed by atoms with van der Waals surface area (Å²) in [5.74, 6) is -0.146. The second-order valence-electron chi connectivity index (χ2n) is 18.4. The summed E-state index contributed by atoms with van der Waals surface area (Å²) in [6.45, 7) is 10.4. The topological polar surface area (TPSA) is 237 Å². The predicted molar refractivity (Wildman–Crippen MR) is 188 cm³/mol. The van der Waals surface area contributed by atoms with Gasteiger partial charge in [-0.05, 0) is 74.2 Å². The largest absolute Gasteiger partial charge is 0.397 e. The Morgan fingerprint density at radius 3 is 2.31 bits per heavy atom. The van der Waals surface area contributed by atoms with Crippen LogP contribution in [0.1, 0.15) is 79.6 Å². The lowest BCUT2D eigenvalue weighted by Crippen LogP contribution is -2.64. The third kappa shape index (κ3) is 6.60. The normalized spacial score (nSPS) is 55.3. The van der Waals surface area contributed by atoms with Gasteiger partial charge in [-0.1, -0.05) is 33.3 Å². The molecule has 0 aromatic heterocycles. The summed E-state index contributed by atoms with van der Waals surface area (Å²) in [6.07, 6.45) is -9.47. The molecule has 0 aromatic carbocycles. The summed E-state index contributed by atoms with van der Waals surface area (Å²) >= 11 is 0. The third-order valence-corrected chi connectivity index (χ3v) is 15.8. The highest BCUT2D eigenvalue weighted by Gasteiger charge is 2.70. The molecule has 0 unspecified atom stereocenters. The molecule has 312 valence electrons. The lowest BCUT2D eigenvalue weighted by Gasteiger charge is -2.60. The Hall–Kier alpha value is -1.16. The van der Waals surface area contributed by atoms with Crippen LogP contribution in [0.5, 0.6) is 0 Å². The summed E-state index contributed by atoms with van der Waals surface area (Å²) in [6, 6.07) is 0. The number of rotatable bonds is 6. The van der Waals surface area contributed by atoms with Gasteiger partial charge in [-0.3, -0.25) is 9.35 Å². The molecule has 1 spiro atoms. The lowest BCUT2D eigenvalue weighted by atomic mass is 9.46. The van der Waals surface area contributed by atoms with E-state index in [1.165, 1.54) is 6.92 Å². The lowest BCUT2D eigenvalue weighted by molar-refractivity contribution is -0.361. The molecule has 4 aliphatic heterocycles. The highest BCUT2D eigenvalue weighted by atomic mass is 32.3. The molecular formula is C38H58O16S. The van der Waals surface area contributed by atoms with E-state index in [1.54, 1.807) is 6.08 Å². The molecule has 4 heterocycles. The van der Waals surface area contributed by atoms with E-state index in [-0.39, 0.29) is 59.7 Å². The van der Waals surface area contributed by atoms with Crippen LogP contribution < -0.4 is 0 Å². The van der Waals surface area contributed by atoms with Gasteiger partial charge in [0, 0.05) is 30.1 Å². The highest BCUT2D eigenvalue weighted by molar-refractivity contribution is 7.80. The van der Waals surface area contributed by atoms with Gasteiger partial charge >= 0.3 is 10.4 Å². The van der Waals surface area contributed by atoms with E-state index in [1.807, 2.05) is 0 Å². The number of ketones is 1. The van der Waals surface area contributed by atoms with Crippen molar-refractivity contribution in [1.29, 1.82) is 0 Å². The van der Waals surface area contributed by atoms with Crippen LogP contribution in [-0.2, 0) is 47.8 Å². The number of fused-ring (bicyclic) bond motifs is 7. The molecule has 7 fully saturated rings. The minimum atomic E-state index is -5.06. The van der Waals surface area contributed by atoms with E-state index >= 15 is 0 Å². The average molecular weight is 803 g/mol. The quantitative estimate of drug-likeness (QED) is 0.206. The maximum absolute atomic E-state index is 14.3. The number of ether oxygens (including phenoxy) is 6. The monoisotopic (exact) mass is 802 g/mol. The van der Waals surface area contributed by atoms with E-state index in [0.717, 1.165) is 31.3 Å². The molecule has 16 nitrogen and oxygen atoms in total. The first-order valence-electron chi connectivity index (χ1n) is 20.0. The molecule has 55 heavy (non-hydrogen) atoms. The van der Waals surface area contributed by atoms with Crippen molar-refractivity contribution in [2.75, 3.05) is 13.2 Å². The number of hydrogen-bond donors (Lipinski definition) is 6. The molecule has 0 radical (unpaired) electrons. The van der Waals surface area contributed by atoms with Gasteiger partial charge < -0.3 is 54.0 Å². The van der Waals surface area contributed by atoms with Crippen molar-refractivity contribution in [2.24, 2.45) is 46.3 Å². The first-order valence-corrected chi connectivity index (χ1v) is 21.3. The van der Waals surface area contributed by atoms with E-state index in [4.69, 9.17) is 28.4 Å². The predicted octanol–water partition coefficient (Wildman–Crippen LogP) is 1.01. The van der Waals surface area contributed by atoms with Crippen molar-refractivity contribution in [1.82, 2.24) is 0 Å². The second-order valence-corrected chi connectivity index (χ2v) is 19.4. The van der Waals surface area contributed by atoms with Crippen LogP contribution in [0.2, 0.25) is 0 Å². The van der Waals surface area contributed by atoms with Crippen LogP contribution in [-0.4, -0.2) is 137 Å². The third-order valence-electron chi connectivity index (χ3n) is 15.3. The number of aliphatic hydroxyl groups is 5. The Morgan fingerprint density at radius 2 is 1.62 bits per heavy atom. The van der Waals surface area contributed by atoms with Crippen molar-refractivity contribution in [3.8, 4) is 0 Å². The Bertz CT molecular complexity index is 1620. The van der Waals surface area contributed by atoms with Crippen molar-refractivity contribution in [2.45, 2.75) is 159 Å². The Labute approximate surface area is 321 Å². The smallest absolute Gasteiger partial charge is 0.393 e. The Kier molecular flexibility index (Phi) is 10.5. The number of aliphatic hydroxyl groups excluding tert-OH is 5. The maximum Gasteiger partial charge on any atom is 0.397 e. The molecule has 3 saturated carbocycles. The number of carbonyl (C=O) groups excluding carboxylic acids is 1. The molecule has 21 atom stereocenters. The first kappa shape index (κ1) is 40.6. The number of hydrogen-bond acceptors (Lipinski definition) is 15. The summed E-state index contributed by atoms with van der Waals surface area (Å²) < 4.78 is 75.1. The zero-order valence-corrected chi connectivity index (χ0v) is 32.8. The van der Waals surface area contributed by atoms with Crippen LogP contribution in [0.15, 0.2) is 11.6 Å².